The molecule has 8 heteroatoms. The Balaban J connectivity index is 4.24. The summed E-state index contributed by atoms with van der Waals surface area (Å²) in [6.07, 6.45) is 0.450. The number of alkyl carbamates (subject to hydrolysis) is 1. The minimum atomic E-state index is -0.529. The SMILES string of the molecule is CCC(=O)NCCN(CCNC(=O)CC)CCNC(=O)OC(C)(C)C. The number of hydrogen-bond donors (Lipinski definition) is 3. The summed E-state index contributed by atoms with van der Waals surface area (Å²) in [5.41, 5.74) is -0.529. The minimum Gasteiger partial charge on any atom is -0.444 e. The van der Waals surface area contributed by atoms with Gasteiger partial charge in [0.05, 0.1) is 0 Å². The van der Waals surface area contributed by atoms with Crippen LogP contribution in [0.4, 0.5) is 4.79 Å². The summed E-state index contributed by atoms with van der Waals surface area (Å²) in [4.78, 5) is 36.4. The average Bonchev–Trinajstić information content (AvgIpc) is 2.52. The van der Waals surface area contributed by atoms with Crippen LogP contribution in [-0.2, 0) is 14.3 Å². The standard InChI is InChI=1S/C17H34N4O4/c1-6-14(22)18-8-11-21(12-9-19-15(23)7-2)13-10-20-16(24)25-17(3,4)5/h6-13H2,1-5H3,(H,18,22)(H,19,23)(H,20,24). The van der Waals surface area contributed by atoms with Crippen LogP contribution in [0.1, 0.15) is 47.5 Å². The second kappa shape index (κ2) is 12.5. The maximum Gasteiger partial charge on any atom is 0.407 e. The Morgan fingerprint density at radius 1 is 0.800 bits per heavy atom. The number of nitrogens with zero attached hydrogens (tertiary/aromatic N) is 1. The molecule has 0 unspecified atom stereocenters. The lowest BCUT2D eigenvalue weighted by Crippen LogP contribution is -2.43. The fourth-order valence-corrected chi connectivity index (χ4v) is 1.92. The first-order chi connectivity index (χ1) is 11.7. The van der Waals surface area contributed by atoms with Crippen molar-refractivity contribution in [3.63, 3.8) is 0 Å². The molecule has 0 aromatic carbocycles. The summed E-state index contributed by atoms with van der Waals surface area (Å²) in [7, 11) is 0. The van der Waals surface area contributed by atoms with Crippen molar-refractivity contribution in [2.75, 3.05) is 39.3 Å². The summed E-state index contributed by atoms with van der Waals surface area (Å²) < 4.78 is 5.19. The third-order valence-electron chi connectivity index (χ3n) is 3.24. The Morgan fingerprint density at radius 3 is 1.56 bits per heavy atom. The average molecular weight is 358 g/mol. The summed E-state index contributed by atoms with van der Waals surface area (Å²) in [6, 6.07) is 0. The van der Waals surface area contributed by atoms with Crippen LogP contribution in [0.5, 0.6) is 0 Å². The van der Waals surface area contributed by atoms with Crippen LogP contribution in [0.2, 0.25) is 0 Å². The lowest BCUT2D eigenvalue weighted by atomic mass is 10.2. The molecule has 0 bridgehead atoms. The predicted molar refractivity (Wildman–Crippen MR) is 97.3 cm³/mol. The van der Waals surface area contributed by atoms with E-state index in [2.05, 4.69) is 20.9 Å². The molecule has 0 saturated heterocycles. The Bertz CT molecular complexity index is 399. The molecule has 0 aliphatic rings. The minimum absolute atomic E-state index is 0.00566. The molecule has 0 aromatic heterocycles. The fourth-order valence-electron chi connectivity index (χ4n) is 1.92. The molecule has 0 radical (unpaired) electrons. The number of carbonyl (C=O) groups is 3. The maximum atomic E-state index is 11.7. The van der Waals surface area contributed by atoms with Gasteiger partial charge in [-0.25, -0.2) is 4.79 Å². The summed E-state index contributed by atoms with van der Waals surface area (Å²) >= 11 is 0. The number of ether oxygens (including phenoxy) is 1. The molecule has 0 aliphatic carbocycles. The van der Waals surface area contributed by atoms with Gasteiger partial charge in [-0.1, -0.05) is 13.8 Å². The van der Waals surface area contributed by atoms with E-state index in [0.29, 0.717) is 52.1 Å². The predicted octanol–water partition coefficient (Wildman–Crippen LogP) is 0.866. The second-order valence-electron chi connectivity index (χ2n) is 6.68. The smallest absolute Gasteiger partial charge is 0.407 e. The van der Waals surface area contributed by atoms with Gasteiger partial charge in [0.25, 0.3) is 0 Å². The van der Waals surface area contributed by atoms with Crippen molar-refractivity contribution in [2.24, 2.45) is 0 Å². The van der Waals surface area contributed by atoms with Gasteiger partial charge in [0, 0.05) is 52.1 Å². The molecule has 3 amide bonds. The molecule has 0 atom stereocenters. The van der Waals surface area contributed by atoms with Crippen molar-refractivity contribution in [1.29, 1.82) is 0 Å². The van der Waals surface area contributed by atoms with Crippen molar-refractivity contribution in [3.8, 4) is 0 Å². The number of rotatable bonds is 11. The van der Waals surface area contributed by atoms with Gasteiger partial charge >= 0.3 is 6.09 Å². The van der Waals surface area contributed by atoms with Crippen LogP contribution in [-0.4, -0.2) is 67.7 Å². The van der Waals surface area contributed by atoms with Gasteiger partial charge < -0.3 is 20.7 Å². The van der Waals surface area contributed by atoms with Crippen LogP contribution in [0.15, 0.2) is 0 Å². The Morgan fingerprint density at radius 2 is 1.20 bits per heavy atom. The maximum absolute atomic E-state index is 11.7. The highest BCUT2D eigenvalue weighted by Gasteiger charge is 2.16. The molecule has 3 N–H and O–H groups in total. The van der Waals surface area contributed by atoms with Crippen LogP contribution in [0.3, 0.4) is 0 Å². The van der Waals surface area contributed by atoms with Gasteiger partial charge in [0.1, 0.15) is 5.60 Å². The Labute approximate surface area is 151 Å². The highest BCUT2D eigenvalue weighted by atomic mass is 16.6. The first-order valence-electron chi connectivity index (χ1n) is 8.90. The van der Waals surface area contributed by atoms with E-state index in [1.807, 2.05) is 20.8 Å². The van der Waals surface area contributed by atoms with Gasteiger partial charge in [-0.15, -0.1) is 0 Å². The number of amides is 3. The lowest BCUT2D eigenvalue weighted by Gasteiger charge is -2.24. The van der Waals surface area contributed by atoms with Gasteiger partial charge in [0.15, 0.2) is 0 Å². The third-order valence-corrected chi connectivity index (χ3v) is 3.24. The van der Waals surface area contributed by atoms with Crippen molar-refractivity contribution < 1.29 is 19.1 Å². The Hall–Kier alpha value is -1.83. The highest BCUT2D eigenvalue weighted by molar-refractivity contribution is 5.75. The molecule has 0 spiro atoms. The molecule has 0 rings (SSSR count). The van der Waals surface area contributed by atoms with Crippen LogP contribution < -0.4 is 16.0 Å². The summed E-state index contributed by atoms with van der Waals surface area (Å²) in [6.45, 7) is 12.4. The van der Waals surface area contributed by atoms with E-state index in [-0.39, 0.29) is 11.8 Å². The van der Waals surface area contributed by atoms with E-state index in [0.717, 1.165) is 0 Å². The zero-order valence-electron chi connectivity index (χ0n) is 16.2. The first kappa shape index (κ1) is 23.2. The van der Waals surface area contributed by atoms with Crippen molar-refractivity contribution in [2.45, 2.75) is 53.1 Å². The quantitative estimate of drug-likeness (QED) is 0.509. The molecule has 0 heterocycles. The van der Waals surface area contributed by atoms with E-state index in [1.165, 1.54) is 0 Å². The lowest BCUT2D eigenvalue weighted by molar-refractivity contribution is -0.121. The van der Waals surface area contributed by atoms with Crippen LogP contribution in [0.25, 0.3) is 0 Å². The normalized spacial score (nSPS) is 11.1. The zero-order valence-corrected chi connectivity index (χ0v) is 16.2. The van der Waals surface area contributed by atoms with Crippen molar-refractivity contribution in [3.05, 3.63) is 0 Å². The third kappa shape index (κ3) is 14.2. The largest absolute Gasteiger partial charge is 0.444 e. The van der Waals surface area contributed by atoms with Crippen LogP contribution >= 0.6 is 0 Å². The van der Waals surface area contributed by atoms with Crippen molar-refractivity contribution in [1.82, 2.24) is 20.9 Å². The molecular weight excluding hydrogens is 324 g/mol. The van der Waals surface area contributed by atoms with Crippen LogP contribution in [0, 0.1) is 0 Å². The second-order valence-corrected chi connectivity index (χ2v) is 6.68. The number of hydrogen-bond acceptors (Lipinski definition) is 5. The zero-order chi connectivity index (χ0) is 19.3. The first-order valence-corrected chi connectivity index (χ1v) is 8.90. The molecule has 0 aromatic rings. The molecular formula is C17H34N4O4. The van der Waals surface area contributed by atoms with Gasteiger partial charge in [0.2, 0.25) is 11.8 Å². The fraction of sp³-hybridized carbons (Fsp3) is 0.824. The monoisotopic (exact) mass is 358 g/mol. The van der Waals surface area contributed by atoms with Gasteiger partial charge in [-0.05, 0) is 20.8 Å². The molecule has 8 nitrogen and oxygen atoms in total. The Kier molecular flexibility index (Phi) is 11.6. The molecule has 0 saturated carbocycles. The van der Waals surface area contributed by atoms with E-state index < -0.39 is 11.7 Å². The molecule has 0 aliphatic heterocycles. The number of carbonyl (C=O) groups excluding carboxylic acids is 3. The van der Waals surface area contributed by atoms with E-state index in [9.17, 15) is 14.4 Å². The summed E-state index contributed by atoms with van der Waals surface area (Å²) in [5, 5.41) is 8.36. The van der Waals surface area contributed by atoms with Gasteiger partial charge in [-0.2, -0.15) is 0 Å². The highest BCUT2D eigenvalue weighted by Crippen LogP contribution is 2.06. The van der Waals surface area contributed by atoms with Crippen molar-refractivity contribution >= 4 is 17.9 Å². The van der Waals surface area contributed by atoms with E-state index >= 15 is 0 Å². The van der Waals surface area contributed by atoms with E-state index in [1.54, 1.807) is 13.8 Å². The topological polar surface area (TPSA) is 99.8 Å². The van der Waals surface area contributed by atoms with Gasteiger partial charge in [-0.3, -0.25) is 14.5 Å². The molecule has 25 heavy (non-hydrogen) atoms. The molecule has 146 valence electrons. The van der Waals surface area contributed by atoms with E-state index in [4.69, 9.17) is 4.74 Å². The summed E-state index contributed by atoms with van der Waals surface area (Å²) in [5.74, 6) is 0.0113. The number of nitrogens with one attached hydrogen (secondary N) is 3. The molecule has 0 fully saturated rings.